The lowest BCUT2D eigenvalue weighted by molar-refractivity contribution is -0.112. The lowest BCUT2D eigenvalue weighted by Gasteiger charge is -2.17. The van der Waals surface area contributed by atoms with E-state index in [1.54, 1.807) is 6.08 Å². The summed E-state index contributed by atoms with van der Waals surface area (Å²) in [6.45, 7) is 6.13. The number of nitriles is 1. The van der Waals surface area contributed by atoms with Crippen LogP contribution in [-0.4, -0.2) is 19.0 Å². The van der Waals surface area contributed by atoms with Crippen molar-refractivity contribution < 1.29 is 4.79 Å². The van der Waals surface area contributed by atoms with Gasteiger partial charge in [0.1, 0.15) is 11.6 Å². The van der Waals surface area contributed by atoms with Crippen LogP contribution in [0.4, 0.5) is 11.4 Å². The molecular formula is C22H23N3O. The minimum Gasteiger partial charge on any atom is -0.372 e. The van der Waals surface area contributed by atoms with Gasteiger partial charge in [0.25, 0.3) is 5.91 Å². The van der Waals surface area contributed by atoms with Crippen LogP contribution in [0.15, 0.2) is 48.0 Å². The Bertz CT molecular complexity index is 869. The molecule has 0 bridgehead atoms. The van der Waals surface area contributed by atoms with Crippen LogP contribution < -0.4 is 10.2 Å². The third-order valence-corrected chi connectivity index (χ3v) is 4.67. The summed E-state index contributed by atoms with van der Waals surface area (Å²) in [7, 11) is 0. The Hall–Kier alpha value is -3.06. The predicted octanol–water partition coefficient (Wildman–Crippen LogP) is 4.45. The van der Waals surface area contributed by atoms with Crippen LogP contribution in [0.3, 0.4) is 0 Å². The van der Waals surface area contributed by atoms with E-state index in [2.05, 4.69) is 10.2 Å². The van der Waals surface area contributed by atoms with E-state index in [-0.39, 0.29) is 11.5 Å². The quantitative estimate of drug-likeness (QED) is 0.658. The molecule has 4 nitrogen and oxygen atoms in total. The van der Waals surface area contributed by atoms with Crippen molar-refractivity contribution in [3.63, 3.8) is 0 Å². The Morgan fingerprint density at radius 2 is 1.81 bits per heavy atom. The van der Waals surface area contributed by atoms with Gasteiger partial charge in [0.05, 0.1) is 0 Å². The highest BCUT2D eigenvalue weighted by atomic mass is 16.1. The molecule has 132 valence electrons. The van der Waals surface area contributed by atoms with Gasteiger partial charge in [-0.25, -0.2) is 0 Å². The molecular weight excluding hydrogens is 322 g/mol. The maximum Gasteiger partial charge on any atom is 0.266 e. The fourth-order valence-electron chi connectivity index (χ4n) is 3.22. The first-order valence-electron chi connectivity index (χ1n) is 8.92. The number of hydrogen-bond acceptors (Lipinski definition) is 3. The zero-order chi connectivity index (χ0) is 18.5. The predicted molar refractivity (Wildman–Crippen MR) is 106 cm³/mol. The molecule has 1 saturated heterocycles. The van der Waals surface area contributed by atoms with Crippen molar-refractivity contribution in [3.8, 4) is 6.07 Å². The molecule has 0 unspecified atom stereocenters. The van der Waals surface area contributed by atoms with Crippen molar-refractivity contribution in [1.29, 1.82) is 5.26 Å². The Labute approximate surface area is 154 Å². The number of hydrogen-bond donors (Lipinski definition) is 1. The lowest BCUT2D eigenvalue weighted by Crippen LogP contribution is -2.17. The van der Waals surface area contributed by atoms with Crippen molar-refractivity contribution in [2.75, 3.05) is 23.3 Å². The maximum atomic E-state index is 12.5. The summed E-state index contributed by atoms with van der Waals surface area (Å²) >= 11 is 0. The third kappa shape index (κ3) is 4.12. The van der Waals surface area contributed by atoms with Gasteiger partial charge in [0, 0.05) is 24.5 Å². The van der Waals surface area contributed by atoms with Crippen molar-refractivity contribution in [1.82, 2.24) is 0 Å². The molecule has 26 heavy (non-hydrogen) atoms. The number of carbonyl (C=O) groups excluding carboxylic acids is 1. The van der Waals surface area contributed by atoms with E-state index in [1.807, 2.05) is 62.4 Å². The van der Waals surface area contributed by atoms with E-state index in [1.165, 1.54) is 18.5 Å². The molecule has 0 spiro atoms. The fraction of sp³-hybridized carbons (Fsp3) is 0.273. The van der Waals surface area contributed by atoms with Crippen LogP contribution in [0.1, 0.15) is 29.5 Å². The monoisotopic (exact) mass is 345 g/mol. The van der Waals surface area contributed by atoms with Gasteiger partial charge in [-0.3, -0.25) is 4.79 Å². The number of aryl methyl sites for hydroxylation is 2. The molecule has 1 aliphatic rings. The van der Waals surface area contributed by atoms with Gasteiger partial charge in [-0.1, -0.05) is 29.8 Å². The number of benzene rings is 2. The van der Waals surface area contributed by atoms with Gasteiger partial charge in [-0.05, 0) is 62.1 Å². The molecule has 0 saturated carbocycles. The summed E-state index contributed by atoms with van der Waals surface area (Å²) < 4.78 is 0. The maximum absolute atomic E-state index is 12.5. The normalized spacial score (nSPS) is 14.2. The van der Waals surface area contributed by atoms with E-state index >= 15 is 0 Å². The van der Waals surface area contributed by atoms with Gasteiger partial charge in [0.2, 0.25) is 0 Å². The number of rotatable bonds is 4. The first kappa shape index (κ1) is 17.8. The summed E-state index contributed by atoms with van der Waals surface area (Å²) in [5.41, 5.74) is 4.98. The Balaban J connectivity index is 1.74. The second-order valence-electron chi connectivity index (χ2n) is 6.73. The second kappa shape index (κ2) is 7.88. The summed E-state index contributed by atoms with van der Waals surface area (Å²) in [6, 6.07) is 15.8. The summed E-state index contributed by atoms with van der Waals surface area (Å²) in [6.07, 6.45) is 4.10. The van der Waals surface area contributed by atoms with Gasteiger partial charge in [0.15, 0.2) is 0 Å². The molecule has 1 heterocycles. The van der Waals surface area contributed by atoms with E-state index in [0.717, 1.165) is 35.5 Å². The SMILES string of the molecule is Cc1ccc(NC(=O)/C(C#N)=C\c2ccc(N3CCCC3)cc2)c(C)c1. The van der Waals surface area contributed by atoms with E-state index in [9.17, 15) is 10.1 Å². The van der Waals surface area contributed by atoms with E-state index in [0.29, 0.717) is 0 Å². The fourth-order valence-corrected chi connectivity index (χ4v) is 3.22. The molecule has 0 atom stereocenters. The Morgan fingerprint density at radius 3 is 2.42 bits per heavy atom. The molecule has 3 rings (SSSR count). The van der Waals surface area contributed by atoms with Gasteiger partial charge in [-0.15, -0.1) is 0 Å². The molecule has 1 fully saturated rings. The zero-order valence-corrected chi connectivity index (χ0v) is 15.2. The third-order valence-electron chi connectivity index (χ3n) is 4.67. The first-order chi connectivity index (χ1) is 12.6. The Kier molecular flexibility index (Phi) is 5.38. The highest BCUT2D eigenvalue weighted by Crippen LogP contribution is 2.22. The number of nitrogens with one attached hydrogen (secondary N) is 1. The molecule has 2 aromatic rings. The zero-order valence-electron chi connectivity index (χ0n) is 15.2. The minimum absolute atomic E-state index is 0.0962. The summed E-state index contributed by atoms with van der Waals surface area (Å²) in [5, 5.41) is 12.2. The van der Waals surface area contributed by atoms with Crippen LogP contribution in [0.2, 0.25) is 0 Å². The number of anilines is 2. The topological polar surface area (TPSA) is 56.1 Å². The van der Waals surface area contributed by atoms with Crippen molar-refractivity contribution in [2.45, 2.75) is 26.7 Å². The van der Waals surface area contributed by atoms with Crippen LogP contribution in [0, 0.1) is 25.2 Å². The minimum atomic E-state index is -0.386. The molecule has 0 aliphatic carbocycles. The first-order valence-corrected chi connectivity index (χ1v) is 8.92. The van der Waals surface area contributed by atoms with E-state index in [4.69, 9.17) is 0 Å². The smallest absolute Gasteiger partial charge is 0.266 e. The molecule has 1 N–H and O–H groups in total. The highest BCUT2D eigenvalue weighted by molar-refractivity contribution is 6.10. The largest absolute Gasteiger partial charge is 0.372 e. The average molecular weight is 345 g/mol. The summed E-state index contributed by atoms with van der Waals surface area (Å²) in [4.78, 5) is 14.8. The van der Waals surface area contributed by atoms with Crippen molar-refractivity contribution >= 4 is 23.4 Å². The van der Waals surface area contributed by atoms with Crippen LogP contribution in [0.5, 0.6) is 0 Å². The van der Waals surface area contributed by atoms with Crippen LogP contribution >= 0.6 is 0 Å². The molecule has 1 aliphatic heterocycles. The molecule has 2 aromatic carbocycles. The van der Waals surface area contributed by atoms with Crippen molar-refractivity contribution in [3.05, 3.63) is 64.7 Å². The number of carbonyl (C=O) groups is 1. The van der Waals surface area contributed by atoms with Gasteiger partial charge >= 0.3 is 0 Å². The molecule has 1 amide bonds. The standard InChI is InChI=1S/C22H23N3O/c1-16-5-10-21(17(2)13-16)24-22(26)19(15-23)14-18-6-8-20(9-7-18)25-11-3-4-12-25/h5-10,13-14H,3-4,11-12H2,1-2H3,(H,24,26)/b19-14-. The molecule has 0 radical (unpaired) electrons. The second-order valence-corrected chi connectivity index (χ2v) is 6.73. The molecule has 4 heteroatoms. The van der Waals surface area contributed by atoms with E-state index < -0.39 is 0 Å². The number of amides is 1. The number of nitrogens with zero attached hydrogens (tertiary/aromatic N) is 2. The van der Waals surface area contributed by atoms with Crippen molar-refractivity contribution in [2.24, 2.45) is 0 Å². The van der Waals surface area contributed by atoms with Crippen LogP contribution in [0.25, 0.3) is 6.08 Å². The highest BCUT2D eigenvalue weighted by Gasteiger charge is 2.13. The van der Waals surface area contributed by atoms with Crippen LogP contribution in [-0.2, 0) is 4.79 Å². The lowest BCUT2D eigenvalue weighted by atomic mass is 10.1. The Morgan fingerprint density at radius 1 is 1.12 bits per heavy atom. The molecule has 0 aromatic heterocycles. The average Bonchev–Trinajstić information content (AvgIpc) is 3.17. The summed E-state index contributed by atoms with van der Waals surface area (Å²) in [5.74, 6) is -0.386. The van der Waals surface area contributed by atoms with Gasteiger partial charge in [-0.2, -0.15) is 5.26 Å². The van der Waals surface area contributed by atoms with Gasteiger partial charge < -0.3 is 10.2 Å².